The molecule has 0 amide bonds. The summed E-state index contributed by atoms with van der Waals surface area (Å²) in [5, 5.41) is 0.407. The zero-order valence-electron chi connectivity index (χ0n) is 17.4. The monoisotopic (exact) mass is 430 g/mol. The number of carbonyl (C=O) groups excluding carboxylic acids is 1. The van der Waals surface area contributed by atoms with Crippen molar-refractivity contribution < 1.29 is 18.4 Å². The van der Waals surface area contributed by atoms with E-state index in [0.29, 0.717) is 40.8 Å². The minimum Gasteiger partial charge on any atom is -0.425 e. The van der Waals surface area contributed by atoms with Crippen molar-refractivity contribution in [3.05, 3.63) is 64.7 Å². The third-order valence-electron chi connectivity index (χ3n) is 5.05. The summed E-state index contributed by atoms with van der Waals surface area (Å²) in [6, 6.07) is 7.69. The highest BCUT2D eigenvalue weighted by Crippen LogP contribution is 2.61. The molecule has 2 aliphatic rings. The Bertz CT molecular complexity index is 984. The smallest absolute Gasteiger partial charge is 0.411 e. The molecule has 0 saturated carbocycles. The van der Waals surface area contributed by atoms with Gasteiger partial charge < -0.3 is 4.52 Å². The van der Waals surface area contributed by atoms with Crippen LogP contribution < -0.4 is 0 Å². The third kappa shape index (κ3) is 4.69. The highest BCUT2D eigenvalue weighted by molar-refractivity contribution is 7.82. The summed E-state index contributed by atoms with van der Waals surface area (Å²) in [5.74, 6) is 0.421. The quantitative estimate of drug-likeness (QED) is 0.378. The normalized spacial score (nSPS) is 21.0. The predicted molar refractivity (Wildman–Crippen MR) is 121 cm³/mol. The fourth-order valence-electron chi connectivity index (χ4n) is 3.73. The summed E-state index contributed by atoms with van der Waals surface area (Å²) in [4.78, 5) is 13.7. The molecule has 2 aliphatic carbocycles. The van der Waals surface area contributed by atoms with E-state index in [1.54, 1.807) is 13.0 Å². The molecule has 0 aliphatic heterocycles. The number of hydrogen-bond acceptors (Lipinski definition) is 5. The zero-order chi connectivity index (χ0) is 21.2. The molecular weight excluding hydrogens is 403 g/mol. The van der Waals surface area contributed by atoms with Gasteiger partial charge in [0.05, 0.1) is 17.5 Å². The van der Waals surface area contributed by atoms with E-state index in [-0.39, 0.29) is 17.8 Å². The fourth-order valence-corrected chi connectivity index (χ4v) is 5.97. The van der Waals surface area contributed by atoms with Crippen LogP contribution in [0.1, 0.15) is 51.2 Å². The summed E-state index contributed by atoms with van der Waals surface area (Å²) < 4.78 is 25.7. The van der Waals surface area contributed by atoms with Crippen LogP contribution in [0.15, 0.2) is 53.6 Å². The van der Waals surface area contributed by atoms with Crippen LogP contribution in [0.4, 0.5) is 0 Å². The lowest BCUT2D eigenvalue weighted by molar-refractivity contribution is -0.116. The first-order chi connectivity index (χ1) is 13.7. The molecule has 1 aromatic carbocycles. The second kappa shape index (κ2) is 8.51. The lowest BCUT2D eigenvalue weighted by atomic mass is 9.75. The summed E-state index contributed by atoms with van der Waals surface area (Å²) in [6.07, 6.45) is 6.85. The van der Waals surface area contributed by atoms with Gasteiger partial charge in [0.25, 0.3) is 0 Å². The van der Waals surface area contributed by atoms with Crippen molar-refractivity contribution in [2.45, 2.75) is 47.0 Å². The molecule has 0 spiro atoms. The van der Waals surface area contributed by atoms with Crippen LogP contribution in [0.25, 0.3) is 5.57 Å². The maximum absolute atomic E-state index is 13.8. The molecule has 4 nitrogen and oxygen atoms in total. The van der Waals surface area contributed by atoms with E-state index in [0.717, 1.165) is 11.1 Å². The number of benzene rings is 1. The number of aryl methyl sites for hydroxylation is 1. The number of allylic oxidation sites excluding steroid dienone is 6. The van der Waals surface area contributed by atoms with Crippen molar-refractivity contribution in [3.8, 4) is 0 Å². The Morgan fingerprint density at radius 3 is 2.59 bits per heavy atom. The van der Waals surface area contributed by atoms with E-state index in [1.165, 1.54) is 0 Å². The highest BCUT2D eigenvalue weighted by Gasteiger charge is 2.41. The van der Waals surface area contributed by atoms with E-state index in [2.05, 4.69) is 0 Å². The van der Waals surface area contributed by atoms with Crippen molar-refractivity contribution in [3.63, 3.8) is 0 Å². The molecule has 0 aromatic heterocycles. The lowest BCUT2D eigenvalue weighted by Gasteiger charge is -2.34. The summed E-state index contributed by atoms with van der Waals surface area (Å²) in [5.41, 5.74) is 1.99. The third-order valence-corrected chi connectivity index (χ3v) is 7.66. The Kier molecular flexibility index (Phi) is 6.42. The predicted octanol–water partition coefficient (Wildman–Crippen LogP) is 6.56. The molecule has 0 heterocycles. The second-order valence-corrected chi connectivity index (χ2v) is 10.6. The van der Waals surface area contributed by atoms with E-state index in [1.807, 2.05) is 57.2 Å². The van der Waals surface area contributed by atoms with Gasteiger partial charge in [0.15, 0.2) is 5.78 Å². The van der Waals surface area contributed by atoms with Crippen molar-refractivity contribution in [1.82, 2.24) is 0 Å². The van der Waals surface area contributed by atoms with Crippen LogP contribution >= 0.6 is 19.8 Å². The van der Waals surface area contributed by atoms with Crippen molar-refractivity contribution in [1.29, 1.82) is 0 Å². The van der Waals surface area contributed by atoms with Crippen LogP contribution in [0, 0.1) is 12.3 Å². The first kappa shape index (κ1) is 21.9. The minimum absolute atomic E-state index is 0.00584. The largest absolute Gasteiger partial charge is 0.425 e. The fraction of sp³-hybridized carbons (Fsp3) is 0.391. The maximum atomic E-state index is 13.8. The van der Waals surface area contributed by atoms with Crippen LogP contribution in [0.2, 0.25) is 0 Å². The summed E-state index contributed by atoms with van der Waals surface area (Å²) >= 11 is 5.43. The zero-order valence-corrected chi connectivity index (χ0v) is 19.1. The first-order valence-corrected chi connectivity index (χ1v) is 11.8. The van der Waals surface area contributed by atoms with Crippen molar-refractivity contribution in [2.75, 3.05) is 6.61 Å². The Morgan fingerprint density at radius 1 is 1.21 bits per heavy atom. The maximum Gasteiger partial charge on any atom is 0.411 e. The number of hydrogen-bond donors (Lipinski definition) is 0. The Balaban J connectivity index is 2.15. The van der Waals surface area contributed by atoms with Gasteiger partial charge in [-0.2, -0.15) is 0 Å². The molecule has 0 saturated heterocycles. The molecule has 1 atom stereocenters. The number of rotatable bonds is 6. The minimum atomic E-state index is -3.72. The average molecular weight is 431 g/mol. The van der Waals surface area contributed by atoms with Crippen molar-refractivity contribution in [2.24, 2.45) is 5.41 Å². The molecule has 3 rings (SSSR count). The molecule has 29 heavy (non-hydrogen) atoms. The van der Waals surface area contributed by atoms with E-state index < -0.39 is 7.60 Å². The Hall–Kier alpha value is -1.81. The van der Waals surface area contributed by atoms with Gasteiger partial charge in [0.1, 0.15) is 5.76 Å². The van der Waals surface area contributed by atoms with Gasteiger partial charge in [-0.25, -0.2) is 4.57 Å². The molecule has 1 unspecified atom stereocenters. The van der Waals surface area contributed by atoms with E-state index in [4.69, 9.17) is 21.3 Å². The number of ketones is 1. The molecule has 0 bridgehead atoms. The van der Waals surface area contributed by atoms with Gasteiger partial charge in [-0.15, -0.1) is 0 Å². The number of Topliss-reactive ketones (excluding diaryl/α,β-unsaturated/α-hetero) is 1. The molecule has 1 aromatic rings. The highest BCUT2D eigenvalue weighted by atomic mass is 32.1. The van der Waals surface area contributed by atoms with Gasteiger partial charge in [-0.05, 0) is 36.5 Å². The van der Waals surface area contributed by atoms with Crippen LogP contribution in [-0.4, -0.2) is 17.3 Å². The van der Waals surface area contributed by atoms with Crippen LogP contribution in [0.3, 0.4) is 0 Å². The SMILES string of the molecule is CCOP(=O)(OC1=C(c2ccccc2C)C(=O)CC(C)(C)C1)C1=CC=CCC1=S. The summed E-state index contributed by atoms with van der Waals surface area (Å²) in [6.45, 7) is 7.97. The molecule has 0 radical (unpaired) electrons. The lowest BCUT2D eigenvalue weighted by Crippen LogP contribution is -2.26. The first-order valence-electron chi connectivity index (χ1n) is 9.84. The van der Waals surface area contributed by atoms with E-state index >= 15 is 0 Å². The van der Waals surface area contributed by atoms with Crippen molar-refractivity contribution >= 4 is 36.0 Å². The van der Waals surface area contributed by atoms with E-state index in [9.17, 15) is 9.36 Å². The van der Waals surface area contributed by atoms with Gasteiger partial charge >= 0.3 is 7.60 Å². The van der Waals surface area contributed by atoms with Gasteiger partial charge in [-0.1, -0.05) is 62.5 Å². The summed E-state index contributed by atoms with van der Waals surface area (Å²) in [7, 11) is -3.72. The van der Waals surface area contributed by atoms with Crippen LogP contribution in [0.5, 0.6) is 0 Å². The Morgan fingerprint density at radius 2 is 1.93 bits per heavy atom. The topological polar surface area (TPSA) is 52.6 Å². The van der Waals surface area contributed by atoms with Crippen LogP contribution in [-0.2, 0) is 18.4 Å². The Labute approximate surface area is 178 Å². The standard InChI is InChI=1S/C23H27O4PS/c1-5-26-28(25,20-12-8-9-13-21(20)29)27-19-15-23(3,4)14-18(24)22(19)17-11-7-6-10-16(17)2/h6-12H,5,13-15H2,1-4H3. The number of carbonyl (C=O) groups is 1. The molecule has 6 heteroatoms. The van der Waals surface area contributed by atoms with Gasteiger partial charge in [-0.3, -0.25) is 9.32 Å². The average Bonchev–Trinajstić information content (AvgIpc) is 2.62. The van der Waals surface area contributed by atoms with Gasteiger partial charge in [0.2, 0.25) is 0 Å². The number of thiocarbonyl (C=S) groups is 1. The second-order valence-electron chi connectivity index (χ2n) is 8.17. The molecular formula is C23H27O4PS. The van der Waals surface area contributed by atoms with Gasteiger partial charge in [0, 0.05) is 24.1 Å². The molecule has 0 N–H and O–H groups in total. The molecule has 154 valence electrons. The molecule has 0 fully saturated rings.